The minimum atomic E-state index is -3.17. The van der Waals surface area contributed by atoms with Crippen molar-refractivity contribution in [2.75, 3.05) is 45.4 Å². The molecule has 1 rings (SSSR count). The number of hydrogen-bond donors (Lipinski definition) is 2. The first-order chi connectivity index (χ1) is 11.3. The molecule has 10 heteroatoms. The first-order valence-corrected chi connectivity index (χ1v) is 9.40. The number of halogens is 1. The second kappa shape index (κ2) is 11.4. The van der Waals surface area contributed by atoms with Crippen LogP contribution < -0.4 is 20.5 Å². The van der Waals surface area contributed by atoms with Gasteiger partial charge in [-0.1, -0.05) is 6.92 Å². The van der Waals surface area contributed by atoms with Gasteiger partial charge in [-0.05, 0) is 18.6 Å². The number of sulfonamides is 1. The number of rotatable bonds is 9. The number of aliphatic imine (C=N–C) groups is 1. The molecular formula is C15H27IN4O4S. The van der Waals surface area contributed by atoms with E-state index in [1.54, 1.807) is 39.3 Å². The zero-order chi connectivity index (χ0) is 18.2. The smallest absolute Gasteiger partial charge is 0.211 e. The lowest BCUT2D eigenvalue weighted by Gasteiger charge is -2.16. The van der Waals surface area contributed by atoms with Crippen LogP contribution in [-0.4, -0.2) is 58.8 Å². The second-order valence-electron chi connectivity index (χ2n) is 5.07. The van der Waals surface area contributed by atoms with E-state index < -0.39 is 10.0 Å². The molecule has 0 aliphatic heterocycles. The van der Waals surface area contributed by atoms with Gasteiger partial charge in [0.25, 0.3) is 0 Å². The van der Waals surface area contributed by atoms with Crippen molar-refractivity contribution in [3.8, 4) is 11.5 Å². The van der Waals surface area contributed by atoms with Crippen molar-refractivity contribution in [2.24, 2.45) is 10.7 Å². The van der Waals surface area contributed by atoms with Crippen LogP contribution in [0, 0.1) is 0 Å². The summed E-state index contributed by atoms with van der Waals surface area (Å²) in [5.41, 5.74) is 6.56. The molecule has 3 N–H and O–H groups in total. The van der Waals surface area contributed by atoms with E-state index in [0.29, 0.717) is 37.6 Å². The van der Waals surface area contributed by atoms with E-state index in [1.807, 2.05) is 0 Å². The van der Waals surface area contributed by atoms with E-state index in [9.17, 15) is 8.42 Å². The molecule has 0 aliphatic rings. The van der Waals surface area contributed by atoms with Gasteiger partial charge in [0.15, 0.2) is 17.5 Å². The maximum atomic E-state index is 11.5. The first kappa shape index (κ1) is 23.7. The molecule has 0 saturated carbocycles. The Morgan fingerprint density at radius 1 is 1.28 bits per heavy atom. The Labute approximate surface area is 166 Å². The molecule has 1 aromatic rings. The Morgan fingerprint density at radius 3 is 2.44 bits per heavy atom. The Kier molecular flexibility index (Phi) is 10.8. The number of guanidine groups is 1. The van der Waals surface area contributed by atoms with Gasteiger partial charge in [-0.3, -0.25) is 4.99 Å². The molecule has 0 bridgehead atoms. The third kappa shape index (κ3) is 8.10. The average Bonchev–Trinajstić information content (AvgIpc) is 2.53. The number of methoxy groups -OCH3 is 2. The van der Waals surface area contributed by atoms with Crippen LogP contribution in [0.25, 0.3) is 0 Å². The van der Waals surface area contributed by atoms with Crippen molar-refractivity contribution in [1.82, 2.24) is 4.31 Å². The normalized spacial score (nSPS) is 11.8. The zero-order valence-electron chi connectivity index (χ0n) is 15.0. The van der Waals surface area contributed by atoms with Gasteiger partial charge in [-0.25, -0.2) is 12.7 Å². The lowest BCUT2D eigenvalue weighted by atomic mass is 10.3. The molecule has 144 valence electrons. The Morgan fingerprint density at radius 2 is 1.92 bits per heavy atom. The van der Waals surface area contributed by atoms with E-state index in [1.165, 1.54) is 10.6 Å². The Bertz CT molecular complexity index is 667. The summed E-state index contributed by atoms with van der Waals surface area (Å²) in [6.45, 7) is 3.10. The minimum absolute atomic E-state index is 0. The fraction of sp³-hybridized carbons (Fsp3) is 0.533. The highest BCUT2D eigenvalue weighted by Gasteiger charge is 2.13. The van der Waals surface area contributed by atoms with Gasteiger partial charge in [-0.2, -0.15) is 0 Å². The Balaban J connectivity index is 0.00000576. The topological polar surface area (TPSA) is 106 Å². The summed E-state index contributed by atoms with van der Waals surface area (Å²) in [6, 6.07) is 5.32. The van der Waals surface area contributed by atoms with Crippen molar-refractivity contribution >= 4 is 45.6 Å². The second-order valence-corrected chi connectivity index (χ2v) is 7.05. The maximum Gasteiger partial charge on any atom is 0.211 e. The van der Waals surface area contributed by atoms with Gasteiger partial charge in [-0.15, -0.1) is 24.0 Å². The molecule has 0 saturated heterocycles. The molecule has 0 aliphatic carbocycles. The van der Waals surface area contributed by atoms with Crippen LogP contribution in [0.5, 0.6) is 11.5 Å². The zero-order valence-corrected chi connectivity index (χ0v) is 18.1. The third-order valence-corrected chi connectivity index (χ3v) is 4.70. The van der Waals surface area contributed by atoms with E-state index >= 15 is 0 Å². The van der Waals surface area contributed by atoms with Gasteiger partial charge < -0.3 is 20.5 Å². The molecule has 0 unspecified atom stereocenters. The van der Waals surface area contributed by atoms with Crippen LogP contribution in [0.3, 0.4) is 0 Å². The van der Waals surface area contributed by atoms with Crippen LogP contribution in [0.4, 0.5) is 5.69 Å². The van der Waals surface area contributed by atoms with Crippen molar-refractivity contribution in [2.45, 2.75) is 13.3 Å². The van der Waals surface area contributed by atoms with Crippen LogP contribution in [0.15, 0.2) is 23.2 Å². The SMILES string of the molecule is CCN(CCCN=C(N)Nc1ccc(OC)c(OC)c1)S(C)(=O)=O.I. The fourth-order valence-electron chi connectivity index (χ4n) is 2.11. The van der Waals surface area contributed by atoms with Crippen molar-refractivity contribution < 1.29 is 17.9 Å². The van der Waals surface area contributed by atoms with Gasteiger partial charge in [0, 0.05) is 31.4 Å². The van der Waals surface area contributed by atoms with Crippen LogP contribution in [0.1, 0.15) is 13.3 Å². The largest absolute Gasteiger partial charge is 0.493 e. The van der Waals surface area contributed by atoms with Crippen molar-refractivity contribution in [3.05, 3.63) is 18.2 Å². The number of anilines is 1. The molecular weight excluding hydrogens is 459 g/mol. The fourth-order valence-corrected chi connectivity index (χ4v) is 3.04. The summed E-state index contributed by atoms with van der Waals surface area (Å²) in [6.07, 6.45) is 1.79. The van der Waals surface area contributed by atoms with Crippen molar-refractivity contribution in [3.63, 3.8) is 0 Å². The van der Waals surface area contributed by atoms with Gasteiger partial charge in [0.1, 0.15) is 0 Å². The van der Waals surface area contributed by atoms with E-state index in [-0.39, 0.29) is 29.9 Å². The molecule has 25 heavy (non-hydrogen) atoms. The first-order valence-electron chi connectivity index (χ1n) is 7.56. The number of ether oxygens (including phenoxy) is 2. The van der Waals surface area contributed by atoms with E-state index in [2.05, 4.69) is 10.3 Å². The molecule has 0 heterocycles. The predicted octanol–water partition coefficient (Wildman–Crippen LogP) is 1.72. The number of nitrogens with two attached hydrogens (primary N) is 1. The predicted molar refractivity (Wildman–Crippen MR) is 112 cm³/mol. The monoisotopic (exact) mass is 486 g/mol. The summed E-state index contributed by atoms with van der Waals surface area (Å²) < 4.78 is 34.7. The van der Waals surface area contributed by atoms with E-state index in [0.717, 1.165) is 5.69 Å². The summed E-state index contributed by atoms with van der Waals surface area (Å²) in [7, 11) is -0.0441. The number of nitrogens with zero attached hydrogens (tertiary/aromatic N) is 2. The number of hydrogen-bond acceptors (Lipinski definition) is 5. The highest BCUT2D eigenvalue weighted by molar-refractivity contribution is 14.0. The molecule has 0 fully saturated rings. The standard InChI is InChI=1S/C15H26N4O4S.HI/c1-5-19(24(4,20)21)10-6-9-17-15(16)18-12-7-8-13(22-2)14(11-12)23-3;/h7-8,11H,5-6,9-10H2,1-4H3,(H3,16,17,18);1H. The molecule has 0 amide bonds. The summed E-state index contributed by atoms with van der Waals surface area (Å²) in [5, 5.41) is 2.96. The quantitative estimate of drug-likeness (QED) is 0.238. The molecule has 0 atom stereocenters. The highest BCUT2D eigenvalue weighted by Crippen LogP contribution is 2.29. The highest BCUT2D eigenvalue weighted by atomic mass is 127. The van der Waals surface area contributed by atoms with E-state index in [4.69, 9.17) is 15.2 Å². The molecule has 8 nitrogen and oxygen atoms in total. The van der Waals surface area contributed by atoms with Crippen LogP contribution in [-0.2, 0) is 10.0 Å². The van der Waals surface area contributed by atoms with Crippen LogP contribution in [0.2, 0.25) is 0 Å². The average molecular weight is 486 g/mol. The molecule has 0 aromatic heterocycles. The maximum absolute atomic E-state index is 11.5. The minimum Gasteiger partial charge on any atom is -0.493 e. The summed E-state index contributed by atoms with van der Waals surface area (Å²) >= 11 is 0. The molecule has 0 radical (unpaired) electrons. The molecule has 0 spiro atoms. The number of benzene rings is 1. The lowest BCUT2D eigenvalue weighted by Crippen LogP contribution is -2.31. The lowest BCUT2D eigenvalue weighted by molar-refractivity contribution is 0.355. The van der Waals surface area contributed by atoms with Gasteiger partial charge in [0.2, 0.25) is 10.0 Å². The molecule has 1 aromatic carbocycles. The van der Waals surface area contributed by atoms with Gasteiger partial charge >= 0.3 is 0 Å². The van der Waals surface area contributed by atoms with Crippen LogP contribution >= 0.6 is 24.0 Å². The number of nitrogens with one attached hydrogen (secondary N) is 1. The summed E-state index contributed by atoms with van der Waals surface area (Å²) in [5.74, 6) is 1.46. The van der Waals surface area contributed by atoms with Gasteiger partial charge in [0.05, 0.1) is 20.5 Å². The summed E-state index contributed by atoms with van der Waals surface area (Å²) in [4.78, 5) is 4.20. The third-order valence-electron chi connectivity index (χ3n) is 3.33. The van der Waals surface area contributed by atoms with Crippen molar-refractivity contribution in [1.29, 1.82) is 0 Å². The Hall–Kier alpha value is -1.27.